The average Bonchev–Trinajstić information content (AvgIpc) is 1.97. The third kappa shape index (κ3) is 4.42. The van der Waals surface area contributed by atoms with Crippen molar-refractivity contribution in [3.05, 3.63) is 0 Å². The zero-order valence-electron chi connectivity index (χ0n) is 11.9. The van der Waals surface area contributed by atoms with E-state index in [2.05, 4.69) is 41.5 Å². The molecule has 1 unspecified atom stereocenters. The van der Waals surface area contributed by atoms with Gasteiger partial charge in [0.25, 0.3) is 0 Å². The second-order valence-electron chi connectivity index (χ2n) is 7.78. The predicted octanol–water partition coefficient (Wildman–Crippen LogP) is 1.49. The van der Waals surface area contributed by atoms with Crippen LogP contribution in [0.2, 0.25) is 0 Å². The summed E-state index contributed by atoms with van der Waals surface area (Å²) in [7, 11) is 0. The molecular formula is C14H30NO+. The highest BCUT2D eigenvalue weighted by molar-refractivity contribution is 4.76. The molecule has 16 heavy (non-hydrogen) atoms. The summed E-state index contributed by atoms with van der Waals surface area (Å²) < 4.78 is 0. The van der Waals surface area contributed by atoms with Crippen LogP contribution >= 0.6 is 0 Å². The number of piperidine rings is 1. The Morgan fingerprint density at radius 2 is 1.62 bits per heavy atom. The molecule has 0 saturated carbocycles. The van der Waals surface area contributed by atoms with Crippen molar-refractivity contribution in [2.45, 2.75) is 66.0 Å². The Bertz CT molecular complexity index is 224. The molecule has 1 aliphatic rings. The summed E-state index contributed by atoms with van der Waals surface area (Å²) in [6.07, 6.45) is 2.12. The summed E-state index contributed by atoms with van der Waals surface area (Å²) in [4.78, 5) is 1.56. The van der Waals surface area contributed by atoms with Crippen molar-refractivity contribution in [1.29, 1.82) is 0 Å². The highest BCUT2D eigenvalue weighted by Crippen LogP contribution is 2.27. The van der Waals surface area contributed by atoms with Crippen molar-refractivity contribution in [2.75, 3.05) is 13.1 Å². The van der Waals surface area contributed by atoms with Gasteiger partial charge in [0.05, 0.1) is 12.1 Å². The van der Waals surface area contributed by atoms with Gasteiger partial charge in [-0.2, -0.15) is 0 Å². The summed E-state index contributed by atoms with van der Waals surface area (Å²) >= 11 is 0. The number of aliphatic hydroxyl groups is 1. The van der Waals surface area contributed by atoms with Crippen LogP contribution in [-0.2, 0) is 0 Å². The molecule has 2 nitrogen and oxygen atoms in total. The van der Waals surface area contributed by atoms with Crippen LogP contribution in [0.3, 0.4) is 0 Å². The van der Waals surface area contributed by atoms with Crippen LogP contribution in [0.25, 0.3) is 0 Å². The number of quaternary nitrogens is 1. The first kappa shape index (κ1) is 14.0. The average molecular weight is 228 g/mol. The summed E-state index contributed by atoms with van der Waals surface area (Å²) in [5, 5.41) is 9.99. The first-order chi connectivity index (χ1) is 7.08. The van der Waals surface area contributed by atoms with Crippen molar-refractivity contribution in [1.82, 2.24) is 0 Å². The lowest BCUT2D eigenvalue weighted by atomic mass is 9.79. The molecule has 1 aliphatic heterocycles. The molecule has 3 atom stereocenters. The highest BCUT2D eigenvalue weighted by Gasteiger charge is 2.36. The number of rotatable bonds is 1. The molecule has 1 fully saturated rings. The first-order valence-electron chi connectivity index (χ1n) is 6.61. The second kappa shape index (κ2) is 4.66. The van der Waals surface area contributed by atoms with Crippen LogP contribution in [0.15, 0.2) is 0 Å². The Hall–Kier alpha value is -0.0800. The lowest BCUT2D eigenvalue weighted by Crippen LogP contribution is -3.21. The Morgan fingerprint density at radius 1 is 1.06 bits per heavy atom. The van der Waals surface area contributed by atoms with Crippen LogP contribution in [-0.4, -0.2) is 29.8 Å². The van der Waals surface area contributed by atoms with Gasteiger partial charge in [-0.1, -0.05) is 20.8 Å². The normalized spacial score (nSPS) is 32.8. The molecule has 2 N–H and O–H groups in total. The fraction of sp³-hybridized carbons (Fsp3) is 1.00. The number of hydrogen-bond donors (Lipinski definition) is 2. The first-order valence-corrected chi connectivity index (χ1v) is 6.61. The molecular weight excluding hydrogens is 198 g/mol. The second-order valence-corrected chi connectivity index (χ2v) is 7.78. The van der Waals surface area contributed by atoms with E-state index in [1.807, 2.05) is 0 Å². The molecule has 0 aromatic carbocycles. The SMILES string of the molecule is CC(C)(C)C[C@H]1C[C@@H](O)C[NH+](C(C)(C)C)C1. The van der Waals surface area contributed by atoms with Gasteiger partial charge in [-0.25, -0.2) is 0 Å². The van der Waals surface area contributed by atoms with E-state index >= 15 is 0 Å². The standard InChI is InChI=1S/C14H29NO/c1-13(2,3)8-11-7-12(16)10-15(9-11)14(4,5)6/h11-12,16H,7-10H2,1-6H3/p+1/t11-,12-/m1/s1. The topological polar surface area (TPSA) is 24.7 Å². The van der Waals surface area contributed by atoms with Crippen LogP contribution in [0.1, 0.15) is 54.4 Å². The molecule has 0 aromatic rings. The van der Waals surface area contributed by atoms with Crippen molar-refractivity contribution in [3.63, 3.8) is 0 Å². The quantitative estimate of drug-likeness (QED) is 0.698. The van der Waals surface area contributed by atoms with Gasteiger partial charge in [0.1, 0.15) is 12.6 Å². The Labute approximate surface area is 101 Å². The van der Waals surface area contributed by atoms with Crippen molar-refractivity contribution >= 4 is 0 Å². The van der Waals surface area contributed by atoms with E-state index in [0.717, 1.165) is 13.0 Å². The zero-order valence-corrected chi connectivity index (χ0v) is 11.9. The summed E-state index contributed by atoms with van der Waals surface area (Å²) in [6, 6.07) is 0. The van der Waals surface area contributed by atoms with Crippen molar-refractivity contribution in [2.24, 2.45) is 11.3 Å². The van der Waals surface area contributed by atoms with E-state index in [-0.39, 0.29) is 11.6 Å². The van der Waals surface area contributed by atoms with Gasteiger partial charge in [0.15, 0.2) is 0 Å². The van der Waals surface area contributed by atoms with Crippen molar-refractivity contribution < 1.29 is 10.0 Å². The Balaban J connectivity index is 2.61. The fourth-order valence-corrected chi connectivity index (χ4v) is 2.90. The lowest BCUT2D eigenvalue weighted by Gasteiger charge is -2.41. The van der Waals surface area contributed by atoms with Crippen LogP contribution in [0, 0.1) is 11.3 Å². The maximum absolute atomic E-state index is 9.99. The number of hydrogen-bond acceptors (Lipinski definition) is 1. The van der Waals surface area contributed by atoms with E-state index in [9.17, 15) is 5.11 Å². The minimum atomic E-state index is -0.102. The van der Waals surface area contributed by atoms with E-state index in [1.165, 1.54) is 13.0 Å². The maximum atomic E-state index is 9.99. The number of nitrogens with one attached hydrogen (secondary N) is 1. The Morgan fingerprint density at radius 3 is 2.06 bits per heavy atom. The monoisotopic (exact) mass is 228 g/mol. The largest absolute Gasteiger partial charge is 0.387 e. The molecule has 0 spiro atoms. The molecule has 0 aromatic heterocycles. The van der Waals surface area contributed by atoms with Gasteiger partial charge in [0.2, 0.25) is 0 Å². The molecule has 1 rings (SSSR count). The van der Waals surface area contributed by atoms with Gasteiger partial charge in [0, 0.05) is 5.92 Å². The summed E-state index contributed by atoms with van der Waals surface area (Å²) in [6.45, 7) is 15.8. The molecule has 0 bridgehead atoms. The van der Waals surface area contributed by atoms with Gasteiger partial charge >= 0.3 is 0 Å². The van der Waals surface area contributed by atoms with E-state index < -0.39 is 0 Å². The molecule has 1 saturated heterocycles. The van der Waals surface area contributed by atoms with Crippen molar-refractivity contribution in [3.8, 4) is 0 Å². The minimum absolute atomic E-state index is 0.102. The molecule has 0 radical (unpaired) electrons. The third-order valence-electron chi connectivity index (χ3n) is 3.58. The van der Waals surface area contributed by atoms with E-state index in [0.29, 0.717) is 11.3 Å². The molecule has 2 heteroatoms. The van der Waals surface area contributed by atoms with E-state index in [4.69, 9.17) is 0 Å². The van der Waals surface area contributed by atoms with Crippen LogP contribution in [0.4, 0.5) is 0 Å². The molecule has 1 heterocycles. The smallest absolute Gasteiger partial charge is 0.104 e. The zero-order chi connectivity index (χ0) is 12.6. The van der Waals surface area contributed by atoms with Crippen LogP contribution < -0.4 is 4.90 Å². The summed E-state index contributed by atoms with van der Waals surface area (Å²) in [5.74, 6) is 0.679. The molecule has 96 valence electrons. The fourth-order valence-electron chi connectivity index (χ4n) is 2.90. The van der Waals surface area contributed by atoms with Gasteiger partial charge in [-0.05, 0) is 39.0 Å². The Kier molecular flexibility index (Phi) is 4.07. The predicted molar refractivity (Wildman–Crippen MR) is 68.6 cm³/mol. The summed E-state index contributed by atoms with van der Waals surface area (Å²) in [5.41, 5.74) is 0.641. The van der Waals surface area contributed by atoms with Crippen LogP contribution in [0.5, 0.6) is 0 Å². The van der Waals surface area contributed by atoms with E-state index in [1.54, 1.807) is 4.90 Å². The number of aliphatic hydroxyl groups excluding tert-OH is 1. The third-order valence-corrected chi connectivity index (χ3v) is 3.58. The lowest BCUT2D eigenvalue weighted by molar-refractivity contribution is -0.957. The molecule has 0 amide bonds. The van der Waals surface area contributed by atoms with Gasteiger partial charge < -0.3 is 10.0 Å². The molecule has 0 aliphatic carbocycles. The number of likely N-dealkylation sites (tertiary alicyclic amines) is 1. The maximum Gasteiger partial charge on any atom is 0.104 e. The van der Waals surface area contributed by atoms with Gasteiger partial charge in [-0.15, -0.1) is 0 Å². The minimum Gasteiger partial charge on any atom is -0.387 e. The highest BCUT2D eigenvalue weighted by atomic mass is 16.3. The van der Waals surface area contributed by atoms with Gasteiger partial charge in [-0.3, -0.25) is 0 Å².